The molecule has 0 aliphatic rings. The molecule has 0 saturated carbocycles. The number of rotatable bonds is 8. The lowest BCUT2D eigenvalue weighted by molar-refractivity contribution is -0.120. The highest BCUT2D eigenvalue weighted by Crippen LogP contribution is 2.19. The number of benzene rings is 2. The monoisotopic (exact) mass is 434 g/mol. The molecule has 0 aromatic heterocycles. The number of carbonyl (C=O) groups excluding carboxylic acids is 2. The molecule has 0 radical (unpaired) electrons. The summed E-state index contributed by atoms with van der Waals surface area (Å²) in [4.78, 5) is 23.9. The second kappa shape index (κ2) is 10.1. The average Bonchev–Trinajstić information content (AvgIpc) is 2.63. The van der Waals surface area contributed by atoms with Gasteiger partial charge in [0.15, 0.2) is 0 Å². The van der Waals surface area contributed by atoms with Gasteiger partial charge in [-0.05, 0) is 49.7 Å². The SMILES string of the molecule is CC(C)Oc1cccc(C(O)CNC(=O)CNC(=O)c2cccc(Br)c2)c1. The molecule has 1 unspecified atom stereocenters. The number of aliphatic hydroxyl groups excluding tert-OH is 1. The van der Waals surface area contributed by atoms with Gasteiger partial charge in [-0.1, -0.05) is 34.1 Å². The van der Waals surface area contributed by atoms with Crippen molar-refractivity contribution in [2.45, 2.75) is 26.1 Å². The number of amides is 2. The van der Waals surface area contributed by atoms with E-state index >= 15 is 0 Å². The molecule has 2 rings (SSSR count). The van der Waals surface area contributed by atoms with Crippen LogP contribution in [0.4, 0.5) is 0 Å². The maximum absolute atomic E-state index is 12.0. The van der Waals surface area contributed by atoms with E-state index in [2.05, 4.69) is 26.6 Å². The van der Waals surface area contributed by atoms with Crippen LogP contribution in [0.25, 0.3) is 0 Å². The third-order valence-corrected chi connectivity index (χ3v) is 4.10. The molecule has 3 N–H and O–H groups in total. The first-order valence-electron chi connectivity index (χ1n) is 8.60. The molecule has 6 nitrogen and oxygen atoms in total. The molecule has 27 heavy (non-hydrogen) atoms. The van der Waals surface area contributed by atoms with E-state index in [1.54, 1.807) is 36.4 Å². The molecule has 1 atom stereocenters. The Kier molecular flexibility index (Phi) is 7.82. The molecule has 0 aliphatic heterocycles. The van der Waals surface area contributed by atoms with E-state index in [1.807, 2.05) is 26.0 Å². The first-order chi connectivity index (χ1) is 12.8. The predicted octanol–water partition coefficient (Wildman–Crippen LogP) is 2.82. The van der Waals surface area contributed by atoms with Crippen LogP contribution in [-0.4, -0.2) is 36.1 Å². The van der Waals surface area contributed by atoms with E-state index in [4.69, 9.17) is 4.74 Å². The Morgan fingerprint density at radius 1 is 1.11 bits per heavy atom. The van der Waals surface area contributed by atoms with Crippen LogP contribution in [0.2, 0.25) is 0 Å². The minimum Gasteiger partial charge on any atom is -0.491 e. The number of carbonyl (C=O) groups is 2. The highest BCUT2D eigenvalue weighted by atomic mass is 79.9. The Balaban J connectivity index is 1.80. The van der Waals surface area contributed by atoms with E-state index < -0.39 is 6.10 Å². The van der Waals surface area contributed by atoms with Crippen LogP contribution in [0.3, 0.4) is 0 Å². The van der Waals surface area contributed by atoms with E-state index in [0.29, 0.717) is 16.9 Å². The average molecular weight is 435 g/mol. The summed E-state index contributed by atoms with van der Waals surface area (Å²) < 4.78 is 6.38. The zero-order valence-corrected chi connectivity index (χ0v) is 16.8. The normalized spacial score (nSPS) is 11.7. The number of nitrogens with one attached hydrogen (secondary N) is 2. The summed E-state index contributed by atoms with van der Waals surface area (Å²) >= 11 is 3.30. The zero-order valence-electron chi connectivity index (χ0n) is 15.2. The Labute approximate surface area is 167 Å². The lowest BCUT2D eigenvalue weighted by atomic mass is 10.1. The molecule has 7 heteroatoms. The fourth-order valence-electron chi connectivity index (χ4n) is 2.35. The second-order valence-electron chi connectivity index (χ2n) is 6.25. The maximum atomic E-state index is 12.0. The van der Waals surface area contributed by atoms with Crippen molar-refractivity contribution in [1.82, 2.24) is 10.6 Å². The van der Waals surface area contributed by atoms with E-state index in [1.165, 1.54) is 0 Å². The number of ether oxygens (including phenoxy) is 1. The van der Waals surface area contributed by atoms with Crippen LogP contribution in [0.15, 0.2) is 53.0 Å². The van der Waals surface area contributed by atoms with Gasteiger partial charge in [0, 0.05) is 16.6 Å². The number of hydrogen-bond donors (Lipinski definition) is 3. The van der Waals surface area contributed by atoms with Gasteiger partial charge in [-0.3, -0.25) is 9.59 Å². The number of aliphatic hydroxyl groups is 1. The molecule has 144 valence electrons. The van der Waals surface area contributed by atoms with Crippen molar-refractivity contribution in [3.63, 3.8) is 0 Å². The van der Waals surface area contributed by atoms with Gasteiger partial charge in [-0.25, -0.2) is 0 Å². The van der Waals surface area contributed by atoms with Crippen molar-refractivity contribution in [3.05, 3.63) is 64.1 Å². The quantitative estimate of drug-likeness (QED) is 0.595. The van der Waals surface area contributed by atoms with Crippen molar-refractivity contribution in [3.8, 4) is 5.75 Å². The zero-order chi connectivity index (χ0) is 19.8. The largest absolute Gasteiger partial charge is 0.491 e. The van der Waals surface area contributed by atoms with Crippen LogP contribution in [0.5, 0.6) is 5.75 Å². The Bertz CT molecular complexity index is 795. The van der Waals surface area contributed by atoms with Crippen molar-refractivity contribution >= 4 is 27.7 Å². The summed E-state index contributed by atoms with van der Waals surface area (Å²) in [7, 11) is 0. The summed E-state index contributed by atoms with van der Waals surface area (Å²) in [5.41, 5.74) is 1.10. The van der Waals surface area contributed by atoms with Crippen molar-refractivity contribution in [2.75, 3.05) is 13.1 Å². The van der Waals surface area contributed by atoms with Crippen LogP contribution < -0.4 is 15.4 Å². The molecule has 0 fully saturated rings. The van der Waals surface area contributed by atoms with Crippen molar-refractivity contribution in [2.24, 2.45) is 0 Å². The van der Waals surface area contributed by atoms with Gasteiger partial charge in [-0.15, -0.1) is 0 Å². The van der Waals surface area contributed by atoms with Gasteiger partial charge < -0.3 is 20.5 Å². The maximum Gasteiger partial charge on any atom is 0.251 e. The smallest absolute Gasteiger partial charge is 0.251 e. The van der Waals surface area contributed by atoms with Crippen LogP contribution in [0, 0.1) is 0 Å². The number of hydrogen-bond acceptors (Lipinski definition) is 4. The highest BCUT2D eigenvalue weighted by Gasteiger charge is 2.12. The van der Waals surface area contributed by atoms with E-state index in [-0.39, 0.29) is 31.0 Å². The summed E-state index contributed by atoms with van der Waals surface area (Å²) in [5, 5.41) is 15.4. The van der Waals surface area contributed by atoms with Gasteiger partial charge in [-0.2, -0.15) is 0 Å². The first-order valence-corrected chi connectivity index (χ1v) is 9.39. The molecular weight excluding hydrogens is 412 g/mol. The van der Waals surface area contributed by atoms with Gasteiger partial charge >= 0.3 is 0 Å². The Morgan fingerprint density at radius 3 is 2.56 bits per heavy atom. The van der Waals surface area contributed by atoms with Crippen LogP contribution in [-0.2, 0) is 4.79 Å². The van der Waals surface area contributed by atoms with Crippen molar-refractivity contribution in [1.29, 1.82) is 0 Å². The lowest BCUT2D eigenvalue weighted by Crippen LogP contribution is -2.38. The first kappa shape index (κ1) is 20.9. The molecule has 0 spiro atoms. The molecule has 2 aromatic rings. The van der Waals surface area contributed by atoms with Crippen molar-refractivity contribution < 1.29 is 19.4 Å². The Morgan fingerprint density at radius 2 is 1.85 bits per heavy atom. The van der Waals surface area contributed by atoms with E-state index in [0.717, 1.165) is 4.47 Å². The Hall–Kier alpha value is -2.38. The molecular formula is C20H23BrN2O4. The predicted molar refractivity (Wildman–Crippen MR) is 107 cm³/mol. The third kappa shape index (κ3) is 7.03. The fourth-order valence-corrected chi connectivity index (χ4v) is 2.75. The molecule has 0 heterocycles. The lowest BCUT2D eigenvalue weighted by Gasteiger charge is -2.15. The number of halogens is 1. The van der Waals surface area contributed by atoms with Gasteiger partial charge in [0.2, 0.25) is 5.91 Å². The summed E-state index contributed by atoms with van der Waals surface area (Å²) in [6.45, 7) is 3.71. The molecule has 2 amide bonds. The molecule has 0 saturated heterocycles. The second-order valence-corrected chi connectivity index (χ2v) is 7.17. The van der Waals surface area contributed by atoms with Gasteiger partial charge in [0.1, 0.15) is 5.75 Å². The van der Waals surface area contributed by atoms with Gasteiger partial charge in [0.25, 0.3) is 5.91 Å². The third-order valence-electron chi connectivity index (χ3n) is 3.60. The van der Waals surface area contributed by atoms with Crippen LogP contribution in [0.1, 0.15) is 35.9 Å². The molecule has 2 aromatic carbocycles. The topological polar surface area (TPSA) is 87.7 Å². The van der Waals surface area contributed by atoms with Gasteiger partial charge in [0.05, 0.1) is 18.8 Å². The summed E-state index contributed by atoms with van der Waals surface area (Å²) in [5.74, 6) is -0.0633. The minimum absolute atomic E-state index is 0.0333. The molecule has 0 aliphatic carbocycles. The summed E-state index contributed by atoms with van der Waals surface area (Å²) in [6.07, 6.45) is -0.837. The van der Waals surface area contributed by atoms with E-state index in [9.17, 15) is 14.7 Å². The summed E-state index contributed by atoms with van der Waals surface area (Å²) in [6, 6.07) is 14.0. The van der Waals surface area contributed by atoms with Crippen LogP contribution >= 0.6 is 15.9 Å². The fraction of sp³-hybridized carbons (Fsp3) is 0.300. The minimum atomic E-state index is -0.870. The molecule has 0 bridgehead atoms. The highest BCUT2D eigenvalue weighted by molar-refractivity contribution is 9.10. The standard InChI is InChI=1S/C20H23BrN2O4/c1-13(2)27-17-8-4-5-14(10-17)18(24)11-22-19(25)12-23-20(26)15-6-3-7-16(21)9-15/h3-10,13,18,24H,11-12H2,1-2H3,(H,22,25)(H,23,26).